The summed E-state index contributed by atoms with van der Waals surface area (Å²) in [5, 5.41) is 59.2. The highest BCUT2D eigenvalue weighted by Crippen LogP contribution is 2.39. The first-order chi connectivity index (χ1) is 64.9. The van der Waals surface area contributed by atoms with Crippen LogP contribution in [0.1, 0.15) is 249 Å². The highest BCUT2D eigenvalue weighted by Gasteiger charge is 2.38. The lowest BCUT2D eigenvalue weighted by atomic mass is 9.92. The van der Waals surface area contributed by atoms with Crippen LogP contribution in [-0.2, 0) is 38.9 Å². The first kappa shape index (κ1) is 98.5. The highest BCUT2D eigenvalue weighted by molar-refractivity contribution is 6.33. The number of rotatable bonds is 33. The van der Waals surface area contributed by atoms with Crippen molar-refractivity contribution in [3.63, 3.8) is 0 Å². The Kier molecular flexibility index (Phi) is 33.9. The van der Waals surface area contributed by atoms with Gasteiger partial charge in [-0.05, 0) is 215 Å². The van der Waals surface area contributed by atoms with Crippen molar-refractivity contribution in [1.82, 2.24) is 63.9 Å². The van der Waals surface area contributed by atoms with Crippen LogP contribution in [0.5, 0.6) is 0 Å². The van der Waals surface area contributed by atoms with Gasteiger partial charge in [-0.2, -0.15) is 20.6 Å². The fraction of sp³-hybridized carbons (Fsp3) is 0.380. The topological polar surface area (TPSA) is 286 Å². The maximum absolute atomic E-state index is 14.5. The number of nitrogens with zero attached hydrogens (tertiary/aromatic N) is 14. The summed E-state index contributed by atoms with van der Waals surface area (Å²) in [4.78, 5) is 95.2. The number of hydrogen-bond donors (Lipinski definition) is 3. The number of benzene rings is 8. The van der Waals surface area contributed by atoms with Gasteiger partial charge in [0.05, 0.1) is 94.0 Å². The summed E-state index contributed by atoms with van der Waals surface area (Å²) in [6, 6.07) is 58.7. The fourth-order valence-electron chi connectivity index (χ4n) is 18.0. The van der Waals surface area contributed by atoms with Crippen molar-refractivity contribution in [3.05, 3.63) is 300 Å². The molecule has 6 amide bonds. The maximum atomic E-state index is 14.5. The van der Waals surface area contributed by atoms with Gasteiger partial charge < -0.3 is 49.2 Å². The van der Waals surface area contributed by atoms with Crippen molar-refractivity contribution in [2.24, 2.45) is 0 Å². The van der Waals surface area contributed by atoms with E-state index in [2.05, 4.69) is 58.8 Å². The van der Waals surface area contributed by atoms with Crippen LogP contribution in [0.15, 0.2) is 193 Å². The van der Waals surface area contributed by atoms with Crippen LogP contribution < -0.4 is 0 Å². The van der Waals surface area contributed by atoms with Gasteiger partial charge in [0, 0.05) is 87.1 Å². The first-order valence-corrected chi connectivity index (χ1v) is 47.7. The molecule has 3 N–H and O–H groups in total. The van der Waals surface area contributed by atoms with Crippen LogP contribution in [-0.4, -0.2) is 192 Å². The number of halogens is 2. The average molecular weight is 1830 g/mol. The number of aryl methyl sites for hydroxylation is 5. The summed E-state index contributed by atoms with van der Waals surface area (Å²) < 4.78 is 24.9. The van der Waals surface area contributed by atoms with Crippen LogP contribution in [0.25, 0.3) is 50.4 Å². The van der Waals surface area contributed by atoms with E-state index in [1.54, 1.807) is 89.4 Å². The summed E-state index contributed by atoms with van der Waals surface area (Å²) >= 11 is 6.37. The molecule has 0 spiro atoms. The Morgan fingerprint density at radius 3 is 1.06 bits per heavy atom. The predicted octanol–water partition coefficient (Wildman–Crippen LogP) is 19.6. The molecule has 0 aliphatic carbocycles. The van der Waals surface area contributed by atoms with Crippen molar-refractivity contribution >= 4 is 47.0 Å². The van der Waals surface area contributed by atoms with E-state index in [1.807, 2.05) is 165 Å². The summed E-state index contributed by atoms with van der Waals surface area (Å²) in [6.07, 6.45) is 13.1. The fourth-order valence-corrected chi connectivity index (χ4v) is 18.3. The Morgan fingerprint density at radius 2 is 0.731 bits per heavy atom. The Hall–Kier alpha value is -13.0. The van der Waals surface area contributed by atoms with Crippen molar-refractivity contribution in [2.45, 2.75) is 210 Å². The molecule has 15 rings (SSSR count). The number of aliphatic hydroxyl groups is 3. The Morgan fingerprint density at radius 1 is 0.418 bits per heavy atom. The molecule has 0 saturated heterocycles. The number of aliphatic hydroxyl groups excluding tert-OH is 3. The lowest BCUT2D eigenvalue weighted by Gasteiger charge is -2.36. The first-order valence-electron chi connectivity index (χ1n) is 47.3. The second-order valence-electron chi connectivity index (χ2n) is 35.1. The van der Waals surface area contributed by atoms with Crippen molar-refractivity contribution in [2.75, 3.05) is 59.1 Å². The van der Waals surface area contributed by atoms with E-state index in [1.165, 1.54) is 6.07 Å². The summed E-state index contributed by atoms with van der Waals surface area (Å²) in [5.74, 6) is -0.994. The molecule has 0 saturated carbocycles. The standard InChI is InChI=1S/C37H41N5O3.C36H40ClFN4O3.C35H43N5O4/c1-4-6-18-40(19-7-5-2)37(45)34-20-26(3)42(39-34)35-17-16-28(32-15-11-10-13-29(32)23-38)22-33(35)36(44)41-24-30-14-9-8-12-27(30)21-31(41)25-43;1-4-6-17-40(18-7-5-2)36(45)32-19-24(3)42(39-32)33-16-15-26(29-13-10-14-31(38)34(29)37)21-30(33)35(44)41-22-27-12-9-8-11-25(27)20-28(41)23-43;1-6-8-16-38(17-9-7-2)35(43)31-18-23(3)40(36-31)32-15-14-27(33-24(4)37-44-25(33)5)20-30(32)34(42)39-21-28-13-11-10-12-26(28)19-29(39)22-41/h8-17,20,22,31,43H,4-7,18-19,21,24-25H2,1-3H3;8-16,19,21,28,43H,4-7,17-18,20,22-23H2,1-3H3;10-15,18,20,29,41H,6-9,16-17,19,21-22H2,1-5H3/t31-;28-;29-/m000/s1. The van der Waals surface area contributed by atoms with Gasteiger partial charge in [0.25, 0.3) is 35.4 Å². The van der Waals surface area contributed by atoms with E-state index in [-0.39, 0.29) is 66.3 Å². The number of fused-ring (bicyclic) bond motifs is 3. The Balaban J connectivity index is 0.000000170. The van der Waals surface area contributed by atoms with Crippen molar-refractivity contribution in [3.8, 4) is 56.5 Å². The molecule has 24 nitrogen and oxygen atoms in total. The second-order valence-corrected chi connectivity index (χ2v) is 35.5. The van der Waals surface area contributed by atoms with Gasteiger partial charge in [-0.25, -0.2) is 18.4 Å². The van der Waals surface area contributed by atoms with Gasteiger partial charge in [-0.3, -0.25) is 28.8 Å². The number of carbonyl (C=O) groups is 6. The minimum atomic E-state index is -0.555. The summed E-state index contributed by atoms with van der Waals surface area (Å²) in [7, 11) is 0. The van der Waals surface area contributed by atoms with Gasteiger partial charge >= 0.3 is 0 Å². The zero-order valence-electron chi connectivity index (χ0n) is 78.9. The lowest BCUT2D eigenvalue weighted by Crippen LogP contribution is -2.46. The molecule has 12 aromatic rings. The number of amides is 6. The third kappa shape index (κ3) is 22.2. The van der Waals surface area contributed by atoms with E-state index in [9.17, 15) is 53.7 Å². The Labute approximate surface area is 790 Å². The van der Waals surface area contributed by atoms with Crippen molar-refractivity contribution in [1.29, 1.82) is 5.26 Å². The van der Waals surface area contributed by atoms with Gasteiger partial charge in [0.15, 0.2) is 17.1 Å². The number of nitriles is 1. The highest BCUT2D eigenvalue weighted by atomic mass is 35.5. The molecule has 0 fully saturated rings. The zero-order chi connectivity index (χ0) is 95.4. The minimum Gasteiger partial charge on any atom is -0.394 e. The van der Waals surface area contributed by atoms with E-state index in [0.29, 0.717) is 157 Å². The third-order valence-electron chi connectivity index (χ3n) is 25.7. The monoisotopic (exact) mass is 1830 g/mol. The van der Waals surface area contributed by atoms with Gasteiger partial charge in [0.2, 0.25) is 0 Å². The molecule has 4 aromatic heterocycles. The van der Waals surface area contributed by atoms with E-state index in [4.69, 9.17) is 31.4 Å². The van der Waals surface area contributed by atoms with Crippen LogP contribution >= 0.6 is 11.6 Å². The van der Waals surface area contributed by atoms with Gasteiger partial charge in [-0.1, -0.05) is 218 Å². The molecule has 8 aromatic carbocycles. The predicted molar refractivity (Wildman–Crippen MR) is 520 cm³/mol. The van der Waals surface area contributed by atoms with E-state index < -0.39 is 17.9 Å². The van der Waals surface area contributed by atoms with Crippen LogP contribution in [0.3, 0.4) is 0 Å². The van der Waals surface area contributed by atoms with Crippen molar-refractivity contribution < 1.29 is 53.0 Å². The number of carbonyl (C=O) groups excluding carboxylic acids is 6. The maximum Gasteiger partial charge on any atom is 0.274 e. The molecule has 0 radical (unpaired) electrons. The SMILES string of the molecule is CCCCN(CCCC)C(=O)c1cc(C)n(-c2ccc(-c3c(C)noc3C)cc2C(=O)N2Cc3ccccc3C[C@H]2CO)n1.CCCCN(CCCC)C(=O)c1cc(C)n(-c2ccc(-c3cccc(F)c3Cl)cc2C(=O)N2Cc3ccccc3C[C@H]2CO)n1.CCCCN(CCCC)C(=O)c1cc(C)n(-c2ccc(-c3ccccc3C#N)cc2C(=O)N2Cc3ccccc3C[C@H]2CO)n1. The molecule has 7 heterocycles. The largest absolute Gasteiger partial charge is 0.394 e. The normalized spacial score (nSPS) is 14.3. The molecule has 3 atom stereocenters. The van der Waals surface area contributed by atoms with Gasteiger partial charge in [-0.15, -0.1) is 0 Å². The molecule has 700 valence electrons. The molecule has 0 unspecified atom stereocenters. The number of aromatic nitrogens is 7. The second kappa shape index (κ2) is 46.1. The molecule has 3 aliphatic heterocycles. The minimum absolute atomic E-state index is 0.0359. The molecular weight excluding hydrogens is 1710 g/mol. The quantitative estimate of drug-likeness (QED) is 0.0345. The molecule has 26 heteroatoms. The number of hydrogen-bond acceptors (Lipinski definition) is 15. The summed E-state index contributed by atoms with van der Waals surface area (Å²) in [6.45, 7) is 26.7. The zero-order valence-corrected chi connectivity index (χ0v) is 79.7. The van der Waals surface area contributed by atoms with Gasteiger partial charge in [0.1, 0.15) is 11.6 Å². The Bertz CT molecular complexity index is 6180. The molecule has 0 bridgehead atoms. The third-order valence-corrected chi connectivity index (χ3v) is 26.0. The van der Waals surface area contributed by atoms with Crippen LogP contribution in [0, 0.1) is 51.8 Å². The van der Waals surface area contributed by atoms with Crippen LogP contribution in [0.2, 0.25) is 5.02 Å². The molecular formula is C108H124ClFN14O10. The molecule has 134 heavy (non-hydrogen) atoms. The molecule has 3 aliphatic rings. The van der Waals surface area contributed by atoms with E-state index in [0.717, 1.165) is 150 Å². The number of unbranched alkanes of at least 4 members (excludes halogenated alkanes) is 6. The average Bonchev–Trinajstić information content (AvgIpc) is 1.43. The van der Waals surface area contributed by atoms with E-state index >= 15 is 0 Å². The smallest absolute Gasteiger partial charge is 0.274 e. The summed E-state index contributed by atoms with van der Waals surface area (Å²) in [5.41, 5.74) is 17.8. The van der Waals surface area contributed by atoms with Crippen LogP contribution in [0.4, 0.5) is 4.39 Å². The lowest BCUT2D eigenvalue weighted by molar-refractivity contribution is 0.0539.